The predicted octanol–water partition coefficient (Wildman–Crippen LogP) is 6.57. The number of anilines is 1. The van der Waals surface area contributed by atoms with Crippen LogP contribution in [0, 0.1) is 0 Å². The van der Waals surface area contributed by atoms with Gasteiger partial charge in [0.05, 0.1) is 5.69 Å². The van der Waals surface area contributed by atoms with Gasteiger partial charge in [0.25, 0.3) is 0 Å². The molecule has 3 nitrogen and oxygen atoms in total. The first-order valence-electron chi connectivity index (χ1n) is 11.4. The zero-order chi connectivity index (χ0) is 22.4. The fourth-order valence-electron chi connectivity index (χ4n) is 4.14. The molecule has 0 amide bonds. The highest BCUT2D eigenvalue weighted by Gasteiger charge is 2.11. The molecule has 3 aromatic carbocycles. The number of hydrogen-bond donors (Lipinski definition) is 2. The molecule has 3 heteroatoms. The summed E-state index contributed by atoms with van der Waals surface area (Å²) in [6.07, 6.45) is 6.39. The molecule has 3 rings (SSSR count). The summed E-state index contributed by atoms with van der Waals surface area (Å²) in [5.41, 5.74) is 16.6. The Balaban J connectivity index is 1.98. The van der Waals surface area contributed by atoms with Gasteiger partial charge < -0.3 is 10.8 Å². The van der Waals surface area contributed by atoms with Crippen LogP contribution in [0.5, 0.6) is 5.75 Å². The number of para-hydroxylation sites is 1. The van der Waals surface area contributed by atoms with Crippen molar-refractivity contribution < 1.29 is 5.11 Å². The standard InChI is InChI=1S/C28H34N2O/c1-5-21-14-19(15-22(6-2)27(21)29)13-20-16-23(7-3)28(24(8-4)17-20)30-18-25-11-9-10-12-26(25)31/h9-12,14-18,31H,5-8,13,29H2,1-4H3. The van der Waals surface area contributed by atoms with Crippen LogP contribution in [-0.4, -0.2) is 11.3 Å². The number of phenolic OH excluding ortho intramolecular Hbond substituents is 1. The van der Waals surface area contributed by atoms with E-state index in [1.807, 2.05) is 18.2 Å². The van der Waals surface area contributed by atoms with Crippen molar-refractivity contribution in [3.05, 3.63) is 87.5 Å². The number of nitrogens with two attached hydrogens (primary N) is 1. The van der Waals surface area contributed by atoms with E-state index >= 15 is 0 Å². The Morgan fingerprint density at radius 3 is 1.74 bits per heavy atom. The largest absolute Gasteiger partial charge is 0.507 e. The number of nitrogen functional groups attached to an aromatic ring is 1. The van der Waals surface area contributed by atoms with Gasteiger partial charge in [-0.3, -0.25) is 4.99 Å². The summed E-state index contributed by atoms with van der Waals surface area (Å²) < 4.78 is 0. The molecule has 0 aliphatic rings. The number of aromatic hydroxyl groups is 1. The molecule has 0 unspecified atom stereocenters. The molecule has 31 heavy (non-hydrogen) atoms. The summed E-state index contributed by atoms with van der Waals surface area (Å²) in [7, 11) is 0. The first-order valence-corrected chi connectivity index (χ1v) is 11.4. The summed E-state index contributed by atoms with van der Waals surface area (Å²) in [5, 5.41) is 10.1. The van der Waals surface area contributed by atoms with E-state index in [0.717, 1.165) is 49.0 Å². The fraction of sp³-hybridized carbons (Fsp3) is 0.321. The van der Waals surface area contributed by atoms with Gasteiger partial charge in [-0.2, -0.15) is 0 Å². The van der Waals surface area contributed by atoms with E-state index in [2.05, 4.69) is 52.0 Å². The summed E-state index contributed by atoms with van der Waals surface area (Å²) in [6, 6.07) is 16.4. The third-order valence-electron chi connectivity index (χ3n) is 5.94. The number of aryl methyl sites for hydroxylation is 4. The topological polar surface area (TPSA) is 58.6 Å². The molecule has 0 aliphatic heterocycles. The Kier molecular flexibility index (Phi) is 7.51. The number of hydrogen-bond acceptors (Lipinski definition) is 3. The summed E-state index contributed by atoms with van der Waals surface area (Å²) in [4.78, 5) is 4.79. The van der Waals surface area contributed by atoms with Crippen molar-refractivity contribution in [1.82, 2.24) is 0 Å². The second-order valence-corrected chi connectivity index (χ2v) is 8.00. The number of phenols is 1. The van der Waals surface area contributed by atoms with Gasteiger partial charge >= 0.3 is 0 Å². The summed E-state index contributed by atoms with van der Waals surface area (Å²) in [6.45, 7) is 8.67. The van der Waals surface area contributed by atoms with Crippen LogP contribution in [-0.2, 0) is 32.1 Å². The van der Waals surface area contributed by atoms with Gasteiger partial charge in [0.15, 0.2) is 0 Å². The molecular weight excluding hydrogens is 380 g/mol. The van der Waals surface area contributed by atoms with E-state index < -0.39 is 0 Å². The summed E-state index contributed by atoms with van der Waals surface area (Å²) in [5.74, 6) is 0.251. The Morgan fingerprint density at radius 2 is 1.26 bits per heavy atom. The molecule has 0 radical (unpaired) electrons. The average molecular weight is 415 g/mol. The molecule has 0 saturated heterocycles. The van der Waals surface area contributed by atoms with Crippen LogP contribution in [0.15, 0.2) is 53.5 Å². The second kappa shape index (κ2) is 10.3. The Hall–Kier alpha value is -3.07. The fourth-order valence-corrected chi connectivity index (χ4v) is 4.14. The van der Waals surface area contributed by atoms with Crippen molar-refractivity contribution in [2.45, 2.75) is 59.8 Å². The maximum absolute atomic E-state index is 10.1. The number of benzene rings is 3. The van der Waals surface area contributed by atoms with Crippen LogP contribution >= 0.6 is 0 Å². The predicted molar refractivity (Wildman–Crippen MR) is 133 cm³/mol. The first-order chi connectivity index (χ1) is 15.0. The molecule has 0 bridgehead atoms. The van der Waals surface area contributed by atoms with E-state index in [1.54, 1.807) is 12.3 Å². The highest BCUT2D eigenvalue weighted by Crippen LogP contribution is 2.30. The maximum Gasteiger partial charge on any atom is 0.124 e. The lowest BCUT2D eigenvalue weighted by atomic mass is 9.93. The van der Waals surface area contributed by atoms with Crippen molar-refractivity contribution in [2.75, 3.05) is 5.73 Å². The summed E-state index contributed by atoms with van der Waals surface area (Å²) >= 11 is 0. The lowest BCUT2D eigenvalue weighted by molar-refractivity contribution is 0.474. The smallest absolute Gasteiger partial charge is 0.124 e. The van der Waals surface area contributed by atoms with Crippen LogP contribution in [0.25, 0.3) is 0 Å². The van der Waals surface area contributed by atoms with Crippen molar-refractivity contribution in [3.63, 3.8) is 0 Å². The van der Waals surface area contributed by atoms with E-state index in [4.69, 9.17) is 10.7 Å². The SMILES string of the molecule is CCc1cc(Cc2cc(CC)c(N=Cc3ccccc3O)c(CC)c2)cc(CC)c1N. The van der Waals surface area contributed by atoms with Crippen LogP contribution in [0.1, 0.15) is 66.6 Å². The van der Waals surface area contributed by atoms with Crippen LogP contribution in [0.4, 0.5) is 11.4 Å². The molecule has 0 aromatic heterocycles. The molecule has 0 fully saturated rings. The van der Waals surface area contributed by atoms with Gasteiger partial charge in [0.1, 0.15) is 5.75 Å². The molecule has 162 valence electrons. The zero-order valence-electron chi connectivity index (χ0n) is 19.2. The van der Waals surface area contributed by atoms with Crippen molar-refractivity contribution in [3.8, 4) is 5.75 Å². The normalized spacial score (nSPS) is 11.4. The van der Waals surface area contributed by atoms with E-state index in [1.165, 1.54) is 33.4 Å². The van der Waals surface area contributed by atoms with Crippen LogP contribution in [0.2, 0.25) is 0 Å². The minimum absolute atomic E-state index is 0.251. The highest BCUT2D eigenvalue weighted by atomic mass is 16.3. The monoisotopic (exact) mass is 414 g/mol. The van der Waals surface area contributed by atoms with Crippen LogP contribution in [0.3, 0.4) is 0 Å². The minimum Gasteiger partial charge on any atom is -0.507 e. The first kappa shape index (κ1) is 22.6. The third-order valence-corrected chi connectivity index (χ3v) is 5.94. The molecule has 0 atom stereocenters. The quantitative estimate of drug-likeness (QED) is 0.324. The number of rotatable bonds is 8. The Bertz CT molecular complexity index is 1030. The second-order valence-electron chi connectivity index (χ2n) is 8.00. The molecular formula is C28H34N2O. The molecule has 0 spiro atoms. The van der Waals surface area contributed by atoms with E-state index in [0.29, 0.717) is 0 Å². The Labute approximate surface area is 186 Å². The van der Waals surface area contributed by atoms with Crippen molar-refractivity contribution in [2.24, 2.45) is 4.99 Å². The highest BCUT2D eigenvalue weighted by molar-refractivity contribution is 5.86. The molecule has 0 saturated carbocycles. The Morgan fingerprint density at radius 1 is 0.774 bits per heavy atom. The van der Waals surface area contributed by atoms with Gasteiger partial charge in [0.2, 0.25) is 0 Å². The van der Waals surface area contributed by atoms with Gasteiger partial charge in [-0.25, -0.2) is 0 Å². The molecule has 3 N–H and O–H groups in total. The van der Waals surface area contributed by atoms with Gasteiger partial charge in [-0.05, 0) is 77.6 Å². The van der Waals surface area contributed by atoms with E-state index in [-0.39, 0.29) is 5.75 Å². The lowest BCUT2D eigenvalue weighted by Gasteiger charge is -2.15. The maximum atomic E-state index is 10.1. The minimum atomic E-state index is 0.251. The van der Waals surface area contributed by atoms with Crippen molar-refractivity contribution in [1.29, 1.82) is 0 Å². The van der Waals surface area contributed by atoms with Gasteiger partial charge in [-0.1, -0.05) is 64.1 Å². The third kappa shape index (κ3) is 5.16. The number of aliphatic imine (C=N–C) groups is 1. The van der Waals surface area contributed by atoms with E-state index in [9.17, 15) is 5.11 Å². The van der Waals surface area contributed by atoms with Crippen molar-refractivity contribution >= 4 is 17.6 Å². The number of nitrogens with zero attached hydrogens (tertiary/aromatic N) is 1. The average Bonchev–Trinajstić information content (AvgIpc) is 2.79. The zero-order valence-corrected chi connectivity index (χ0v) is 19.2. The molecule has 3 aromatic rings. The van der Waals surface area contributed by atoms with Gasteiger partial charge in [-0.15, -0.1) is 0 Å². The van der Waals surface area contributed by atoms with Gasteiger partial charge in [0, 0.05) is 17.5 Å². The van der Waals surface area contributed by atoms with Crippen LogP contribution < -0.4 is 5.73 Å². The molecule has 0 aliphatic carbocycles. The molecule has 0 heterocycles. The lowest BCUT2D eigenvalue weighted by Crippen LogP contribution is -2.02.